The van der Waals surface area contributed by atoms with E-state index in [1.165, 1.54) is 19.1 Å². The Labute approximate surface area is 193 Å². The number of hydrogen-bond donors (Lipinski definition) is 0. The van der Waals surface area contributed by atoms with Crippen LogP contribution in [0, 0.1) is 11.6 Å². The first-order chi connectivity index (χ1) is 16.5. The molecule has 0 amide bonds. The van der Waals surface area contributed by atoms with E-state index in [1.54, 1.807) is 48.5 Å². The molecular weight excluding hydrogens is 451 g/mol. The van der Waals surface area contributed by atoms with E-state index in [4.69, 9.17) is 9.47 Å². The number of ether oxygens (including phenoxy) is 2. The fraction of sp³-hybridized carbons (Fsp3) is 0.261. The normalized spacial score (nSPS) is 11.1. The summed E-state index contributed by atoms with van der Waals surface area (Å²) < 4.78 is 54.7. The number of aryl methyl sites for hydroxylation is 1. The molecule has 0 spiro atoms. The fourth-order valence-electron chi connectivity index (χ4n) is 3.62. The third kappa shape index (κ3) is 4.46. The van der Waals surface area contributed by atoms with Crippen LogP contribution in [0.2, 0.25) is 0 Å². The van der Waals surface area contributed by atoms with Crippen molar-refractivity contribution in [3.8, 4) is 22.8 Å². The predicted molar refractivity (Wildman–Crippen MR) is 120 cm³/mol. The number of benzene rings is 2. The van der Waals surface area contributed by atoms with Crippen LogP contribution >= 0.6 is 0 Å². The molecule has 0 N–H and O–H groups in total. The van der Waals surface area contributed by atoms with Crippen LogP contribution in [0.5, 0.6) is 11.5 Å². The van der Waals surface area contributed by atoms with Gasteiger partial charge in [-0.25, -0.2) is 13.8 Å². The second-order valence-corrected chi connectivity index (χ2v) is 7.41. The van der Waals surface area contributed by atoms with Gasteiger partial charge in [0.2, 0.25) is 0 Å². The van der Waals surface area contributed by atoms with Crippen molar-refractivity contribution < 1.29 is 27.7 Å². The van der Waals surface area contributed by atoms with Crippen LogP contribution in [0.25, 0.3) is 22.3 Å². The van der Waals surface area contributed by atoms with Crippen molar-refractivity contribution in [2.24, 2.45) is 7.05 Å². The molecule has 0 unspecified atom stereocenters. The number of methoxy groups -OCH3 is 2. The molecule has 0 aliphatic heterocycles. The van der Waals surface area contributed by atoms with E-state index >= 15 is 8.78 Å². The van der Waals surface area contributed by atoms with Gasteiger partial charge in [0.05, 0.1) is 49.9 Å². The molecule has 2 heterocycles. The van der Waals surface area contributed by atoms with Crippen LogP contribution in [0.15, 0.2) is 42.9 Å². The first-order valence-corrected chi connectivity index (χ1v) is 10.3. The molecule has 8 nitrogen and oxygen atoms in total. The first kappa shape index (κ1) is 23.3. The zero-order chi connectivity index (χ0) is 24.2. The molecule has 0 bridgehead atoms. The van der Waals surface area contributed by atoms with Gasteiger partial charge in [0.25, 0.3) is 0 Å². The molecule has 0 saturated carbocycles. The van der Waals surface area contributed by atoms with Crippen LogP contribution in [0.3, 0.4) is 0 Å². The predicted octanol–water partition coefficient (Wildman–Crippen LogP) is 4.76. The molecule has 2 aromatic carbocycles. The maximum Gasteiger partial charge on any atom is 0.191 e. The Bertz CT molecular complexity index is 1290. The molecule has 0 atom stereocenters. The summed E-state index contributed by atoms with van der Waals surface area (Å²) in [6, 6.07) is 6.13. The fourth-order valence-corrected chi connectivity index (χ4v) is 3.62. The number of anilines is 2. The topological polar surface area (TPSA) is 74.5 Å². The molecule has 178 valence electrons. The van der Waals surface area contributed by atoms with Gasteiger partial charge in [-0.3, -0.25) is 9.67 Å². The Morgan fingerprint density at radius 1 is 1.00 bits per heavy atom. The van der Waals surface area contributed by atoms with Gasteiger partial charge < -0.3 is 14.4 Å². The number of rotatable bonds is 9. The lowest BCUT2D eigenvalue weighted by Gasteiger charge is -2.27. The van der Waals surface area contributed by atoms with Crippen molar-refractivity contribution >= 4 is 22.4 Å². The summed E-state index contributed by atoms with van der Waals surface area (Å²) in [7, 11) is 4.33. The summed E-state index contributed by atoms with van der Waals surface area (Å²) in [6.45, 7) is -0.214. The summed E-state index contributed by atoms with van der Waals surface area (Å²) >= 11 is 0. The van der Waals surface area contributed by atoms with Crippen LogP contribution in [0.1, 0.15) is 6.42 Å². The summed E-state index contributed by atoms with van der Waals surface area (Å²) in [5, 5.41) is 4.14. The van der Waals surface area contributed by atoms with E-state index in [1.807, 2.05) is 0 Å². The smallest absolute Gasteiger partial charge is 0.191 e. The molecule has 0 aliphatic carbocycles. The molecule has 0 radical (unpaired) electrons. The third-order valence-electron chi connectivity index (χ3n) is 5.26. The Morgan fingerprint density at radius 3 is 2.35 bits per heavy atom. The first-order valence-electron chi connectivity index (χ1n) is 10.3. The average molecular weight is 473 g/mol. The van der Waals surface area contributed by atoms with Crippen molar-refractivity contribution in [1.29, 1.82) is 0 Å². The summed E-state index contributed by atoms with van der Waals surface area (Å²) in [6.07, 6.45) is 5.24. The van der Waals surface area contributed by atoms with E-state index < -0.39 is 17.3 Å². The van der Waals surface area contributed by atoms with Gasteiger partial charge in [-0.15, -0.1) is 0 Å². The highest BCUT2D eigenvalue weighted by molar-refractivity contribution is 5.83. The van der Waals surface area contributed by atoms with Gasteiger partial charge in [-0.1, -0.05) is 0 Å². The van der Waals surface area contributed by atoms with Gasteiger partial charge in [0.1, 0.15) is 5.69 Å². The Kier molecular flexibility index (Phi) is 6.82. The van der Waals surface area contributed by atoms with E-state index in [2.05, 4.69) is 20.0 Å². The molecule has 0 aliphatic rings. The second kappa shape index (κ2) is 9.96. The Morgan fingerprint density at radius 2 is 1.74 bits per heavy atom. The lowest BCUT2D eigenvalue weighted by atomic mass is 10.1. The SMILES string of the molecule is COc1cc(OC)c(F)c(N(CCCOF)c2ccc3ncc(-c4cnn(C)c4)nc3c2)c1F. The monoisotopic (exact) mass is 473 g/mol. The number of nitrogens with zero attached hydrogens (tertiary/aromatic N) is 5. The minimum atomic E-state index is -0.919. The lowest BCUT2D eigenvalue weighted by molar-refractivity contribution is -0.132. The van der Waals surface area contributed by atoms with E-state index in [0.29, 0.717) is 22.4 Å². The summed E-state index contributed by atoms with van der Waals surface area (Å²) in [5.74, 6) is -2.23. The second-order valence-electron chi connectivity index (χ2n) is 7.41. The molecule has 0 saturated heterocycles. The van der Waals surface area contributed by atoms with Gasteiger partial charge in [-0.05, 0) is 29.1 Å². The minimum Gasteiger partial charge on any atom is -0.493 e. The zero-order valence-corrected chi connectivity index (χ0v) is 18.8. The van der Waals surface area contributed by atoms with Gasteiger partial charge in [0.15, 0.2) is 23.1 Å². The lowest BCUT2D eigenvalue weighted by Crippen LogP contribution is -2.22. The molecule has 34 heavy (non-hydrogen) atoms. The van der Waals surface area contributed by atoms with E-state index in [-0.39, 0.29) is 31.1 Å². The molecule has 4 aromatic rings. The average Bonchev–Trinajstić information content (AvgIpc) is 3.29. The number of hydrogen-bond acceptors (Lipinski definition) is 7. The highest BCUT2D eigenvalue weighted by Crippen LogP contribution is 2.40. The van der Waals surface area contributed by atoms with Gasteiger partial charge >= 0.3 is 0 Å². The quantitative estimate of drug-likeness (QED) is 0.325. The van der Waals surface area contributed by atoms with Gasteiger partial charge in [-0.2, -0.15) is 10.0 Å². The molecule has 2 aromatic heterocycles. The third-order valence-corrected chi connectivity index (χ3v) is 5.26. The van der Waals surface area contributed by atoms with Crippen LogP contribution in [0.4, 0.5) is 24.7 Å². The van der Waals surface area contributed by atoms with Crippen molar-refractivity contribution in [1.82, 2.24) is 19.7 Å². The molecule has 11 heteroatoms. The zero-order valence-electron chi connectivity index (χ0n) is 18.8. The molecular formula is C23H22F3N5O3. The Balaban J connectivity index is 1.85. The van der Waals surface area contributed by atoms with Crippen LogP contribution in [-0.2, 0) is 12.0 Å². The molecule has 4 rings (SSSR count). The van der Waals surface area contributed by atoms with Crippen LogP contribution < -0.4 is 14.4 Å². The van der Waals surface area contributed by atoms with Crippen molar-refractivity contribution in [2.75, 3.05) is 32.3 Å². The van der Waals surface area contributed by atoms with E-state index in [9.17, 15) is 4.53 Å². The maximum absolute atomic E-state index is 15.3. The van der Waals surface area contributed by atoms with Crippen molar-refractivity contribution in [2.45, 2.75) is 6.42 Å². The van der Waals surface area contributed by atoms with E-state index in [0.717, 1.165) is 11.6 Å². The van der Waals surface area contributed by atoms with Crippen molar-refractivity contribution in [3.63, 3.8) is 0 Å². The van der Waals surface area contributed by atoms with Gasteiger partial charge in [0, 0.05) is 37.1 Å². The highest BCUT2D eigenvalue weighted by atomic mass is 19.3. The maximum atomic E-state index is 15.3. The van der Waals surface area contributed by atoms with Crippen LogP contribution in [-0.4, -0.2) is 47.1 Å². The van der Waals surface area contributed by atoms with Crippen molar-refractivity contribution in [3.05, 3.63) is 54.5 Å². The largest absolute Gasteiger partial charge is 0.493 e. The number of aromatic nitrogens is 4. The number of fused-ring (bicyclic) bond motifs is 1. The Hall–Kier alpha value is -3.86. The summed E-state index contributed by atoms with van der Waals surface area (Å²) in [4.78, 5) is 14.1. The molecule has 0 fully saturated rings. The summed E-state index contributed by atoms with van der Waals surface area (Å²) in [5.41, 5.74) is 2.47. The highest BCUT2D eigenvalue weighted by Gasteiger charge is 2.26. The minimum absolute atomic E-state index is 0.0370. The number of halogens is 3. The standard InChI is InChI=1S/C23H22F3N5O3/c1-30-13-14(11-28-30)18-12-27-16-6-5-15(9-17(16)29-18)31(7-4-8-34-26)23-21(24)19(32-2)10-20(33-3)22(23)25/h5-6,9-13H,4,7-8H2,1-3H3.